The van der Waals surface area contributed by atoms with Gasteiger partial charge in [-0.2, -0.15) is 0 Å². The molecule has 0 radical (unpaired) electrons. The number of carbonyl (C=O) groups excluding carboxylic acids is 1. The number of sulfone groups is 1. The first-order valence-electron chi connectivity index (χ1n) is 9.55. The Morgan fingerprint density at radius 1 is 1.08 bits per heavy atom. The molecule has 2 unspecified atom stereocenters. The van der Waals surface area contributed by atoms with Crippen molar-refractivity contribution in [3.05, 3.63) is 35.4 Å². The van der Waals surface area contributed by atoms with Gasteiger partial charge in [-0.25, -0.2) is 8.42 Å². The van der Waals surface area contributed by atoms with Gasteiger partial charge in [-0.1, -0.05) is 12.1 Å². The number of hydrogen-bond acceptors (Lipinski definition) is 5. The SMILES string of the molecule is O=C(c1cccc(CN2CCS(=O)(=O)CC2)c1)N1CCC2CCC(C1)N2. The van der Waals surface area contributed by atoms with E-state index >= 15 is 0 Å². The Labute approximate surface area is 155 Å². The summed E-state index contributed by atoms with van der Waals surface area (Å²) in [5.41, 5.74) is 1.81. The zero-order chi connectivity index (χ0) is 18.1. The number of hydrogen-bond donors (Lipinski definition) is 1. The lowest BCUT2D eigenvalue weighted by molar-refractivity contribution is 0.0748. The Morgan fingerprint density at radius 2 is 1.85 bits per heavy atom. The van der Waals surface area contributed by atoms with Gasteiger partial charge in [0, 0.05) is 50.4 Å². The van der Waals surface area contributed by atoms with Crippen molar-refractivity contribution in [3.8, 4) is 0 Å². The van der Waals surface area contributed by atoms with Gasteiger partial charge in [0.1, 0.15) is 0 Å². The molecular weight excluding hydrogens is 350 g/mol. The predicted molar refractivity (Wildman–Crippen MR) is 101 cm³/mol. The first-order chi connectivity index (χ1) is 12.5. The predicted octanol–water partition coefficient (Wildman–Crippen LogP) is 0.884. The highest BCUT2D eigenvalue weighted by molar-refractivity contribution is 7.91. The summed E-state index contributed by atoms with van der Waals surface area (Å²) < 4.78 is 23.1. The zero-order valence-corrected chi connectivity index (χ0v) is 15.9. The topological polar surface area (TPSA) is 69.7 Å². The van der Waals surface area contributed by atoms with Gasteiger partial charge >= 0.3 is 0 Å². The fraction of sp³-hybridized carbons (Fsp3) is 0.632. The molecule has 1 aromatic carbocycles. The molecule has 0 aliphatic carbocycles. The van der Waals surface area contributed by atoms with Gasteiger partial charge in [-0.05, 0) is 37.0 Å². The van der Waals surface area contributed by atoms with Gasteiger partial charge in [0.2, 0.25) is 0 Å². The largest absolute Gasteiger partial charge is 0.337 e. The lowest BCUT2D eigenvalue weighted by Gasteiger charge is -2.27. The summed E-state index contributed by atoms with van der Waals surface area (Å²) >= 11 is 0. The van der Waals surface area contributed by atoms with Crippen molar-refractivity contribution in [2.24, 2.45) is 0 Å². The molecule has 1 amide bonds. The molecule has 4 rings (SSSR count). The van der Waals surface area contributed by atoms with Gasteiger partial charge < -0.3 is 10.2 Å². The summed E-state index contributed by atoms with van der Waals surface area (Å²) in [5, 5.41) is 3.61. The molecule has 26 heavy (non-hydrogen) atoms. The summed E-state index contributed by atoms with van der Waals surface area (Å²) in [6.07, 6.45) is 3.42. The number of carbonyl (C=O) groups is 1. The highest BCUT2D eigenvalue weighted by Crippen LogP contribution is 2.22. The van der Waals surface area contributed by atoms with E-state index in [0.29, 0.717) is 31.7 Å². The molecular formula is C19H27N3O3S. The summed E-state index contributed by atoms with van der Waals surface area (Å²) in [6, 6.07) is 8.83. The number of rotatable bonds is 3. The third-order valence-electron chi connectivity index (χ3n) is 5.83. The molecule has 3 fully saturated rings. The van der Waals surface area contributed by atoms with Crippen LogP contribution in [-0.2, 0) is 16.4 Å². The fourth-order valence-electron chi connectivity index (χ4n) is 4.28. The van der Waals surface area contributed by atoms with Crippen molar-refractivity contribution in [2.45, 2.75) is 37.9 Å². The van der Waals surface area contributed by atoms with Crippen molar-refractivity contribution in [1.29, 1.82) is 0 Å². The fourth-order valence-corrected chi connectivity index (χ4v) is 5.56. The van der Waals surface area contributed by atoms with E-state index in [1.807, 2.05) is 29.2 Å². The van der Waals surface area contributed by atoms with Gasteiger partial charge in [0.05, 0.1) is 11.5 Å². The van der Waals surface area contributed by atoms with Crippen molar-refractivity contribution >= 4 is 15.7 Å². The number of fused-ring (bicyclic) bond motifs is 2. The molecule has 6 nitrogen and oxygen atoms in total. The summed E-state index contributed by atoms with van der Waals surface area (Å²) in [6.45, 7) is 3.45. The van der Waals surface area contributed by atoms with Gasteiger partial charge in [0.25, 0.3) is 5.91 Å². The lowest BCUT2D eigenvalue weighted by Crippen LogP contribution is -2.40. The van der Waals surface area contributed by atoms with E-state index in [1.54, 1.807) is 0 Å². The number of nitrogens with zero attached hydrogens (tertiary/aromatic N) is 2. The normalized spacial score (nSPS) is 28.7. The lowest BCUT2D eigenvalue weighted by atomic mass is 10.1. The summed E-state index contributed by atoms with van der Waals surface area (Å²) in [5.74, 6) is 0.576. The maximum Gasteiger partial charge on any atom is 0.253 e. The number of amides is 1. The van der Waals surface area contributed by atoms with Crippen LogP contribution in [0.1, 0.15) is 35.2 Å². The first kappa shape index (κ1) is 17.9. The van der Waals surface area contributed by atoms with E-state index in [2.05, 4.69) is 10.2 Å². The average molecular weight is 378 g/mol. The van der Waals surface area contributed by atoms with Gasteiger partial charge in [-0.3, -0.25) is 9.69 Å². The van der Waals surface area contributed by atoms with Gasteiger partial charge in [-0.15, -0.1) is 0 Å². The summed E-state index contributed by atoms with van der Waals surface area (Å²) in [4.78, 5) is 17.1. The Bertz CT molecular complexity index is 766. The standard InChI is InChI=1S/C19H27N3O3S/c23-19(22-7-6-17-4-5-18(14-22)20-17)16-3-1-2-15(12-16)13-21-8-10-26(24,25)11-9-21/h1-3,12,17-18,20H,4-11,13-14H2. The van der Waals surface area contributed by atoms with Crippen molar-refractivity contribution in [1.82, 2.24) is 15.1 Å². The minimum absolute atomic E-state index is 0.113. The minimum atomic E-state index is -2.86. The average Bonchev–Trinajstić information content (AvgIpc) is 2.95. The molecule has 7 heteroatoms. The van der Waals surface area contributed by atoms with Crippen molar-refractivity contribution in [2.75, 3.05) is 37.7 Å². The highest BCUT2D eigenvalue weighted by atomic mass is 32.2. The molecule has 2 bridgehead atoms. The first-order valence-corrected chi connectivity index (χ1v) is 11.4. The van der Waals surface area contributed by atoms with Crippen LogP contribution in [0, 0.1) is 0 Å². The van der Waals surface area contributed by atoms with E-state index in [9.17, 15) is 13.2 Å². The minimum Gasteiger partial charge on any atom is -0.337 e. The molecule has 0 saturated carbocycles. The quantitative estimate of drug-likeness (QED) is 0.847. The van der Waals surface area contributed by atoms with Crippen LogP contribution in [0.2, 0.25) is 0 Å². The Kier molecular flexibility index (Phi) is 5.03. The number of benzene rings is 1. The maximum absolute atomic E-state index is 13.0. The van der Waals surface area contributed by atoms with E-state index in [-0.39, 0.29) is 17.4 Å². The molecule has 0 spiro atoms. The highest BCUT2D eigenvalue weighted by Gasteiger charge is 2.31. The van der Waals surface area contributed by atoms with Crippen molar-refractivity contribution in [3.63, 3.8) is 0 Å². The van der Waals surface area contributed by atoms with Crippen LogP contribution in [0.25, 0.3) is 0 Å². The maximum atomic E-state index is 13.0. The number of nitrogens with one attached hydrogen (secondary N) is 1. The van der Waals surface area contributed by atoms with Crippen LogP contribution in [-0.4, -0.2) is 73.9 Å². The van der Waals surface area contributed by atoms with E-state index in [1.165, 1.54) is 6.42 Å². The third kappa shape index (κ3) is 4.10. The second-order valence-electron chi connectivity index (χ2n) is 7.81. The van der Waals surface area contributed by atoms with Crippen LogP contribution in [0.5, 0.6) is 0 Å². The van der Waals surface area contributed by atoms with E-state index < -0.39 is 9.84 Å². The smallest absolute Gasteiger partial charge is 0.253 e. The summed E-state index contributed by atoms with van der Waals surface area (Å²) in [7, 11) is -2.86. The molecule has 0 aromatic heterocycles. The molecule has 3 aliphatic heterocycles. The van der Waals surface area contributed by atoms with Crippen LogP contribution in [0.4, 0.5) is 0 Å². The molecule has 1 N–H and O–H groups in total. The van der Waals surface area contributed by atoms with Crippen LogP contribution in [0.3, 0.4) is 0 Å². The van der Waals surface area contributed by atoms with E-state index in [4.69, 9.17) is 0 Å². The monoisotopic (exact) mass is 377 g/mol. The molecule has 2 atom stereocenters. The third-order valence-corrected chi connectivity index (χ3v) is 7.44. The number of likely N-dealkylation sites (tertiary alicyclic amines) is 1. The second-order valence-corrected chi connectivity index (χ2v) is 10.1. The van der Waals surface area contributed by atoms with Crippen molar-refractivity contribution < 1.29 is 13.2 Å². The molecule has 3 saturated heterocycles. The second kappa shape index (κ2) is 7.29. The van der Waals surface area contributed by atoms with Crippen LogP contribution >= 0.6 is 0 Å². The molecule has 142 valence electrons. The van der Waals surface area contributed by atoms with Gasteiger partial charge in [0.15, 0.2) is 9.84 Å². The molecule has 3 heterocycles. The van der Waals surface area contributed by atoms with Crippen LogP contribution < -0.4 is 5.32 Å². The van der Waals surface area contributed by atoms with E-state index in [0.717, 1.165) is 37.1 Å². The Balaban J connectivity index is 1.41. The Morgan fingerprint density at radius 3 is 2.65 bits per heavy atom. The molecule has 3 aliphatic rings. The molecule has 1 aromatic rings. The Hall–Kier alpha value is -1.44. The zero-order valence-electron chi connectivity index (χ0n) is 15.1. The van der Waals surface area contributed by atoms with Crippen LogP contribution in [0.15, 0.2) is 24.3 Å².